The summed E-state index contributed by atoms with van der Waals surface area (Å²) in [6.45, 7) is 1.85. The van der Waals surface area contributed by atoms with Gasteiger partial charge < -0.3 is 10.0 Å². The fourth-order valence-corrected chi connectivity index (χ4v) is 4.15. The number of hydrogen-bond acceptors (Lipinski definition) is 5. The number of aromatic nitrogens is 2. The zero-order valence-electron chi connectivity index (χ0n) is 12.3. The molecule has 1 N–H and O–H groups in total. The largest absolute Gasteiger partial charge is 0.477 e. The van der Waals surface area contributed by atoms with E-state index in [1.54, 1.807) is 6.33 Å². The van der Waals surface area contributed by atoms with Crippen LogP contribution in [0.2, 0.25) is 0 Å². The van der Waals surface area contributed by atoms with E-state index >= 15 is 0 Å². The predicted octanol–water partition coefficient (Wildman–Crippen LogP) is 3.47. The lowest BCUT2D eigenvalue weighted by Crippen LogP contribution is -2.34. The topological polar surface area (TPSA) is 66.3 Å². The lowest BCUT2D eigenvalue weighted by atomic mass is 9.94. The van der Waals surface area contributed by atoms with Crippen molar-refractivity contribution >= 4 is 33.3 Å². The third-order valence-electron chi connectivity index (χ3n) is 4.36. The molecule has 2 aromatic rings. The Balaban J connectivity index is 2.07. The van der Waals surface area contributed by atoms with Crippen LogP contribution in [-0.4, -0.2) is 34.1 Å². The molecule has 5 nitrogen and oxygen atoms in total. The van der Waals surface area contributed by atoms with Crippen molar-refractivity contribution in [1.29, 1.82) is 0 Å². The smallest absolute Gasteiger partial charge is 0.346 e. The van der Waals surface area contributed by atoms with Crippen LogP contribution in [0.4, 0.5) is 5.82 Å². The molecule has 0 saturated heterocycles. The van der Waals surface area contributed by atoms with E-state index in [9.17, 15) is 9.90 Å². The SMILES string of the molecule is Cc1c(C(=O)O)sc2ncnc(N(C)C3CCCCC3)c12. The molecule has 1 aliphatic rings. The van der Waals surface area contributed by atoms with Crippen molar-refractivity contribution in [3.05, 3.63) is 16.8 Å². The molecule has 0 aliphatic heterocycles. The molecule has 1 saturated carbocycles. The summed E-state index contributed by atoms with van der Waals surface area (Å²) < 4.78 is 0. The quantitative estimate of drug-likeness (QED) is 0.940. The van der Waals surface area contributed by atoms with E-state index < -0.39 is 5.97 Å². The second-order valence-corrected chi connectivity index (χ2v) is 6.64. The number of hydrogen-bond donors (Lipinski definition) is 1. The highest BCUT2D eigenvalue weighted by Gasteiger charge is 2.24. The van der Waals surface area contributed by atoms with Crippen LogP contribution in [0.15, 0.2) is 6.33 Å². The molecule has 0 radical (unpaired) electrons. The zero-order valence-corrected chi connectivity index (χ0v) is 13.1. The van der Waals surface area contributed by atoms with Crippen molar-refractivity contribution in [2.75, 3.05) is 11.9 Å². The molecule has 6 heteroatoms. The Morgan fingerprint density at radius 2 is 2.05 bits per heavy atom. The Bertz CT molecular complexity index is 677. The Morgan fingerprint density at radius 3 is 2.71 bits per heavy atom. The average Bonchev–Trinajstić information content (AvgIpc) is 2.85. The summed E-state index contributed by atoms with van der Waals surface area (Å²) in [5.74, 6) is -0.0186. The van der Waals surface area contributed by atoms with Crippen LogP contribution >= 0.6 is 11.3 Å². The Labute approximate surface area is 127 Å². The van der Waals surface area contributed by atoms with Gasteiger partial charge in [0.25, 0.3) is 0 Å². The molecule has 2 aromatic heterocycles. The number of carbonyl (C=O) groups is 1. The van der Waals surface area contributed by atoms with Gasteiger partial charge in [0.2, 0.25) is 0 Å². The van der Waals surface area contributed by atoms with Gasteiger partial charge in [-0.2, -0.15) is 0 Å². The van der Waals surface area contributed by atoms with Crippen molar-refractivity contribution in [2.24, 2.45) is 0 Å². The second kappa shape index (κ2) is 5.60. The number of carboxylic acids is 1. The Morgan fingerprint density at radius 1 is 1.33 bits per heavy atom. The maximum absolute atomic E-state index is 11.3. The number of thiophene rings is 1. The first-order chi connectivity index (χ1) is 10.1. The van der Waals surface area contributed by atoms with Crippen LogP contribution < -0.4 is 4.90 Å². The maximum Gasteiger partial charge on any atom is 0.346 e. The molecule has 1 fully saturated rings. The summed E-state index contributed by atoms with van der Waals surface area (Å²) >= 11 is 1.23. The Hall–Kier alpha value is -1.69. The van der Waals surface area contributed by atoms with Crippen LogP contribution in [0, 0.1) is 6.92 Å². The number of anilines is 1. The molecule has 0 atom stereocenters. The minimum Gasteiger partial charge on any atom is -0.477 e. The third-order valence-corrected chi connectivity index (χ3v) is 5.55. The van der Waals surface area contributed by atoms with Crippen molar-refractivity contribution in [2.45, 2.75) is 45.1 Å². The first-order valence-corrected chi connectivity index (χ1v) is 8.11. The predicted molar refractivity (Wildman–Crippen MR) is 84.4 cm³/mol. The van der Waals surface area contributed by atoms with E-state index in [0.717, 1.165) is 21.6 Å². The van der Waals surface area contributed by atoms with Crippen molar-refractivity contribution < 1.29 is 9.90 Å². The molecule has 0 bridgehead atoms. The normalized spacial score (nSPS) is 16.3. The number of carboxylic acid groups (broad SMARTS) is 1. The van der Waals surface area contributed by atoms with Gasteiger partial charge in [0.15, 0.2) is 0 Å². The molecule has 0 spiro atoms. The molecule has 0 aromatic carbocycles. The highest BCUT2D eigenvalue weighted by atomic mass is 32.1. The van der Waals surface area contributed by atoms with Crippen LogP contribution in [0.5, 0.6) is 0 Å². The van der Waals surface area contributed by atoms with Gasteiger partial charge in [0, 0.05) is 13.1 Å². The minimum atomic E-state index is -0.887. The van der Waals surface area contributed by atoms with Crippen molar-refractivity contribution in [3.63, 3.8) is 0 Å². The van der Waals surface area contributed by atoms with Gasteiger partial charge in [-0.25, -0.2) is 14.8 Å². The lowest BCUT2D eigenvalue weighted by molar-refractivity contribution is 0.0701. The van der Waals surface area contributed by atoms with Gasteiger partial charge in [0.1, 0.15) is 21.9 Å². The number of aromatic carboxylic acids is 1. The van der Waals surface area contributed by atoms with Gasteiger partial charge in [-0.05, 0) is 25.3 Å². The molecule has 1 aliphatic carbocycles. The third kappa shape index (κ3) is 2.48. The molecular weight excluding hydrogens is 286 g/mol. The number of fused-ring (bicyclic) bond motifs is 1. The molecule has 3 rings (SSSR count). The van der Waals surface area contributed by atoms with E-state index in [0.29, 0.717) is 10.9 Å². The molecule has 112 valence electrons. The first kappa shape index (κ1) is 14.3. The maximum atomic E-state index is 11.3. The van der Waals surface area contributed by atoms with Gasteiger partial charge in [-0.15, -0.1) is 11.3 Å². The fourth-order valence-electron chi connectivity index (χ4n) is 3.17. The highest BCUT2D eigenvalue weighted by molar-refractivity contribution is 7.20. The van der Waals surface area contributed by atoms with Crippen LogP contribution in [0.1, 0.15) is 47.3 Å². The van der Waals surface area contributed by atoms with Gasteiger partial charge in [-0.1, -0.05) is 19.3 Å². The minimum absolute atomic E-state index is 0.365. The van der Waals surface area contributed by atoms with Gasteiger partial charge in [0.05, 0.1) is 5.39 Å². The summed E-state index contributed by atoms with van der Waals surface area (Å²) in [6, 6.07) is 0.490. The van der Waals surface area contributed by atoms with Crippen LogP contribution in [0.3, 0.4) is 0 Å². The highest BCUT2D eigenvalue weighted by Crippen LogP contribution is 2.36. The first-order valence-electron chi connectivity index (χ1n) is 7.30. The lowest BCUT2D eigenvalue weighted by Gasteiger charge is -2.32. The van der Waals surface area contributed by atoms with E-state index in [2.05, 4.69) is 21.9 Å². The van der Waals surface area contributed by atoms with E-state index in [-0.39, 0.29) is 0 Å². The number of aryl methyl sites for hydroxylation is 1. The molecule has 0 unspecified atom stereocenters. The van der Waals surface area contributed by atoms with Crippen LogP contribution in [-0.2, 0) is 0 Å². The molecule has 2 heterocycles. The van der Waals surface area contributed by atoms with Crippen molar-refractivity contribution in [3.8, 4) is 0 Å². The monoisotopic (exact) mass is 305 g/mol. The van der Waals surface area contributed by atoms with E-state index in [1.807, 2.05) is 6.92 Å². The number of nitrogens with zero attached hydrogens (tertiary/aromatic N) is 3. The summed E-state index contributed by atoms with van der Waals surface area (Å²) in [6.07, 6.45) is 7.72. The summed E-state index contributed by atoms with van der Waals surface area (Å²) in [5.41, 5.74) is 0.778. The van der Waals surface area contributed by atoms with Crippen LogP contribution in [0.25, 0.3) is 10.2 Å². The summed E-state index contributed by atoms with van der Waals surface area (Å²) in [7, 11) is 2.06. The molecule has 21 heavy (non-hydrogen) atoms. The summed E-state index contributed by atoms with van der Waals surface area (Å²) in [5, 5.41) is 10.2. The standard InChI is InChI=1S/C15H19N3O2S/c1-9-11-13(18(2)10-6-4-3-5-7-10)16-8-17-14(11)21-12(9)15(19)20/h8,10H,3-7H2,1-2H3,(H,19,20). The molecular formula is C15H19N3O2S. The van der Waals surface area contributed by atoms with Crippen molar-refractivity contribution in [1.82, 2.24) is 9.97 Å². The fraction of sp³-hybridized carbons (Fsp3) is 0.533. The van der Waals surface area contributed by atoms with E-state index in [1.165, 1.54) is 43.4 Å². The molecule has 0 amide bonds. The number of rotatable bonds is 3. The summed E-state index contributed by atoms with van der Waals surface area (Å²) in [4.78, 5) is 23.4. The second-order valence-electron chi connectivity index (χ2n) is 5.64. The zero-order chi connectivity index (χ0) is 15.0. The van der Waals surface area contributed by atoms with Gasteiger partial charge >= 0.3 is 5.97 Å². The Kier molecular flexibility index (Phi) is 3.80. The van der Waals surface area contributed by atoms with Gasteiger partial charge in [-0.3, -0.25) is 0 Å². The average molecular weight is 305 g/mol. The van der Waals surface area contributed by atoms with E-state index in [4.69, 9.17) is 0 Å².